The van der Waals surface area contributed by atoms with Gasteiger partial charge in [0.25, 0.3) is 5.91 Å². The van der Waals surface area contributed by atoms with Gasteiger partial charge in [0.2, 0.25) is 5.91 Å². The van der Waals surface area contributed by atoms with Crippen LogP contribution in [0, 0.1) is 0 Å². The van der Waals surface area contributed by atoms with Crippen molar-refractivity contribution in [1.82, 2.24) is 9.80 Å². The molecule has 23 heavy (non-hydrogen) atoms. The van der Waals surface area contributed by atoms with E-state index in [4.69, 9.17) is 4.74 Å². The zero-order valence-corrected chi connectivity index (χ0v) is 13.7. The van der Waals surface area contributed by atoms with E-state index in [1.807, 2.05) is 0 Å². The second-order valence-corrected chi connectivity index (χ2v) is 5.68. The minimum atomic E-state index is -0.638. The standard InChI is InChI=1S/C17H22N2O4/c1-12(20)15-5-4-6-16(11-15)23-13(2)17(22)19-9-7-18(8-10-19)14(3)21/h4-6,11,13H,7-10H2,1-3H3. The van der Waals surface area contributed by atoms with Crippen molar-refractivity contribution in [1.29, 1.82) is 0 Å². The Morgan fingerprint density at radius 3 is 2.22 bits per heavy atom. The molecule has 0 N–H and O–H groups in total. The Hall–Kier alpha value is -2.37. The summed E-state index contributed by atoms with van der Waals surface area (Å²) in [6.45, 7) is 6.84. The number of rotatable bonds is 4. The summed E-state index contributed by atoms with van der Waals surface area (Å²) in [4.78, 5) is 38.6. The lowest BCUT2D eigenvalue weighted by Crippen LogP contribution is -2.52. The second kappa shape index (κ2) is 7.26. The van der Waals surface area contributed by atoms with Crippen LogP contribution in [0.15, 0.2) is 24.3 Å². The van der Waals surface area contributed by atoms with Gasteiger partial charge in [0, 0.05) is 38.7 Å². The number of hydrogen-bond donors (Lipinski definition) is 0. The summed E-state index contributed by atoms with van der Waals surface area (Å²) in [5.74, 6) is 0.375. The first-order valence-corrected chi connectivity index (χ1v) is 7.70. The molecular weight excluding hydrogens is 296 g/mol. The highest BCUT2D eigenvalue weighted by atomic mass is 16.5. The maximum absolute atomic E-state index is 12.4. The van der Waals surface area contributed by atoms with Gasteiger partial charge in [0.1, 0.15) is 5.75 Å². The predicted octanol–water partition coefficient (Wildman–Crippen LogP) is 1.35. The van der Waals surface area contributed by atoms with E-state index in [1.54, 1.807) is 41.0 Å². The van der Waals surface area contributed by atoms with E-state index in [0.29, 0.717) is 37.5 Å². The molecule has 6 nitrogen and oxygen atoms in total. The fourth-order valence-electron chi connectivity index (χ4n) is 2.54. The number of hydrogen-bond acceptors (Lipinski definition) is 4. The largest absolute Gasteiger partial charge is 0.481 e. The van der Waals surface area contributed by atoms with Crippen molar-refractivity contribution in [2.75, 3.05) is 26.2 Å². The van der Waals surface area contributed by atoms with Crippen molar-refractivity contribution in [2.24, 2.45) is 0 Å². The number of piperazine rings is 1. The van der Waals surface area contributed by atoms with E-state index in [9.17, 15) is 14.4 Å². The number of ether oxygens (including phenoxy) is 1. The zero-order valence-electron chi connectivity index (χ0n) is 13.7. The molecule has 2 rings (SSSR count). The minimum Gasteiger partial charge on any atom is -0.481 e. The molecule has 0 aliphatic carbocycles. The number of Topliss-reactive ketones (excluding diaryl/α,β-unsaturated/α-hetero) is 1. The fraction of sp³-hybridized carbons (Fsp3) is 0.471. The number of nitrogens with zero attached hydrogens (tertiary/aromatic N) is 2. The summed E-state index contributed by atoms with van der Waals surface area (Å²) in [5, 5.41) is 0. The Bertz CT molecular complexity index is 606. The van der Waals surface area contributed by atoms with Crippen molar-refractivity contribution >= 4 is 17.6 Å². The lowest BCUT2D eigenvalue weighted by Gasteiger charge is -2.35. The number of carbonyl (C=O) groups is 3. The van der Waals surface area contributed by atoms with Crippen LogP contribution in [0.25, 0.3) is 0 Å². The Balaban J connectivity index is 1.94. The Labute approximate surface area is 136 Å². The molecule has 0 aromatic heterocycles. The van der Waals surface area contributed by atoms with Crippen molar-refractivity contribution < 1.29 is 19.1 Å². The van der Waals surface area contributed by atoms with E-state index in [1.165, 1.54) is 13.8 Å². The SMILES string of the molecule is CC(=O)c1cccc(OC(C)C(=O)N2CCN(C(C)=O)CC2)c1. The minimum absolute atomic E-state index is 0.0300. The van der Waals surface area contributed by atoms with Crippen LogP contribution in [0.3, 0.4) is 0 Å². The van der Waals surface area contributed by atoms with Crippen molar-refractivity contribution in [2.45, 2.75) is 26.9 Å². The molecule has 1 aliphatic rings. The van der Waals surface area contributed by atoms with E-state index >= 15 is 0 Å². The maximum atomic E-state index is 12.4. The van der Waals surface area contributed by atoms with Crippen molar-refractivity contribution in [3.8, 4) is 5.75 Å². The summed E-state index contributed by atoms with van der Waals surface area (Å²) >= 11 is 0. The van der Waals surface area contributed by atoms with Gasteiger partial charge in [-0.05, 0) is 26.0 Å². The number of ketones is 1. The van der Waals surface area contributed by atoms with E-state index in [0.717, 1.165) is 0 Å². The normalized spacial score (nSPS) is 16.0. The van der Waals surface area contributed by atoms with Crippen LogP contribution in [-0.4, -0.2) is 59.7 Å². The Morgan fingerprint density at radius 2 is 1.65 bits per heavy atom. The Kier molecular flexibility index (Phi) is 5.36. The van der Waals surface area contributed by atoms with E-state index in [-0.39, 0.29) is 17.6 Å². The third-order valence-electron chi connectivity index (χ3n) is 3.94. The van der Waals surface area contributed by atoms with Crippen LogP contribution < -0.4 is 4.74 Å². The zero-order chi connectivity index (χ0) is 17.0. The van der Waals surface area contributed by atoms with Gasteiger partial charge in [-0.15, -0.1) is 0 Å². The van der Waals surface area contributed by atoms with Gasteiger partial charge in [0.05, 0.1) is 0 Å². The molecule has 1 saturated heterocycles. The number of benzene rings is 1. The highest BCUT2D eigenvalue weighted by Crippen LogP contribution is 2.16. The second-order valence-electron chi connectivity index (χ2n) is 5.68. The quantitative estimate of drug-likeness (QED) is 0.786. The summed E-state index contributed by atoms with van der Waals surface area (Å²) in [6, 6.07) is 6.81. The van der Waals surface area contributed by atoms with Gasteiger partial charge < -0.3 is 14.5 Å². The van der Waals surface area contributed by atoms with Crippen LogP contribution in [-0.2, 0) is 9.59 Å². The lowest BCUT2D eigenvalue weighted by atomic mass is 10.1. The van der Waals surface area contributed by atoms with Gasteiger partial charge in [-0.2, -0.15) is 0 Å². The third kappa shape index (κ3) is 4.31. The third-order valence-corrected chi connectivity index (χ3v) is 3.94. The van der Waals surface area contributed by atoms with Gasteiger partial charge in [-0.1, -0.05) is 12.1 Å². The summed E-state index contributed by atoms with van der Waals surface area (Å²) in [7, 11) is 0. The molecule has 1 aromatic rings. The van der Waals surface area contributed by atoms with Gasteiger partial charge in [-0.3, -0.25) is 14.4 Å². The van der Waals surface area contributed by atoms with Crippen LogP contribution in [0.5, 0.6) is 5.75 Å². The monoisotopic (exact) mass is 318 g/mol. The molecule has 1 unspecified atom stereocenters. The molecule has 0 radical (unpaired) electrons. The van der Waals surface area contributed by atoms with Crippen LogP contribution in [0.2, 0.25) is 0 Å². The van der Waals surface area contributed by atoms with Gasteiger partial charge in [-0.25, -0.2) is 0 Å². The number of carbonyl (C=O) groups excluding carboxylic acids is 3. The number of amides is 2. The summed E-state index contributed by atoms with van der Waals surface area (Å²) in [5.41, 5.74) is 0.553. The molecule has 1 atom stereocenters. The lowest BCUT2D eigenvalue weighted by molar-refractivity contribution is -0.143. The molecule has 2 amide bonds. The van der Waals surface area contributed by atoms with Crippen molar-refractivity contribution in [3.05, 3.63) is 29.8 Å². The highest BCUT2D eigenvalue weighted by Gasteiger charge is 2.26. The summed E-state index contributed by atoms with van der Waals surface area (Å²) < 4.78 is 5.67. The molecule has 0 bridgehead atoms. The van der Waals surface area contributed by atoms with Crippen LogP contribution in [0.4, 0.5) is 0 Å². The highest BCUT2D eigenvalue weighted by molar-refractivity contribution is 5.94. The molecule has 0 saturated carbocycles. The molecule has 0 spiro atoms. The van der Waals surface area contributed by atoms with Gasteiger partial charge in [0.15, 0.2) is 11.9 Å². The first-order chi connectivity index (χ1) is 10.9. The van der Waals surface area contributed by atoms with E-state index < -0.39 is 6.10 Å². The molecular formula is C17H22N2O4. The summed E-state index contributed by atoms with van der Waals surface area (Å²) in [6.07, 6.45) is -0.638. The molecule has 1 fully saturated rings. The Morgan fingerprint density at radius 1 is 1.04 bits per heavy atom. The van der Waals surface area contributed by atoms with Crippen LogP contribution in [0.1, 0.15) is 31.1 Å². The average molecular weight is 318 g/mol. The topological polar surface area (TPSA) is 66.9 Å². The fourth-order valence-corrected chi connectivity index (χ4v) is 2.54. The van der Waals surface area contributed by atoms with Crippen LogP contribution >= 0.6 is 0 Å². The maximum Gasteiger partial charge on any atom is 0.263 e. The van der Waals surface area contributed by atoms with E-state index in [2.05, 4.69) is 0 Å². The molecule has 1 heterocycles. The molecule has 1 aromatic carbocycles. The predicted molar refractivity (Wildman–Crippen MR) is 85.4 cm³/mol. The average Bonchev–Trinajstić information content (AvgIpc) is 2.54. The van der Waals surface area contributed by atoms with Crippen molar-refractivity contribution in [3.63, 3.8) is 0 Å². The molecule has 6 heteroatoms. The molecule has 1 aliphatic heterocycles. The molecule has 124 valence electrons. The first-order valence-electron chi connectivity index (χ1n) is 7.70. The van der Waals surface area contributed by atoms with Gasteiger partial charge >= 0.3 is 0 Å². The first kappa shape index (κ1) is 17.0. The smallest absolute Gasteiger partial charge is 0.263 e.